The zero-order valence-corrected chi connectivity index (χ0v) is 23.8. The Kier molecular flexibility index (Phi) is 8.46. The molecular weight excluding hydrogens is 496 g/mol. The van der Waals surface area contributed by atoms with Gasteiger partial charge in [-0.05, 0) is 93.1 Å². The van der Waals surface area contributed by atoms with E-state index in [9.17, 15) is 9.59 Å². The van der Waals surface area contributed by atoms with Crippen molar-refractivity contribution in [2.75, 3.05) is 11.9 Å². The van der Waals surface area contributed by atoms with Crippen molar-refractivity contribution >= 4 is 28.9 Å². The first-order valence-corrected chi connectivity index (χ1v) is 14.1. The molecule has 0 radical (unpaired) electrons. The molecule has 7 heteroatoms. The first kappa shape index (κ1) is 27.7. The summed E-state index contributed by atoms with van der Waals surface area (Å²) in [5, 5.41) is 7.55. The van der Waals surface area contributed by atoms with Crippen LogP contribution >= 0.6 is 11.3 Å². The van der Waals surface area contributed by atoms with Gasteiger partial charge in [-0.1, -0.05) is 30.3 Å². The number of amides is 1. The molecule has 202 valence electrons. The van der Waals surface area contributed by atoms with Gasteiger partial charge in [0.1, 0.15) is 11.4 Å². The summed E-state index contributed by atoms with van der Waals surface area (Å²) in [6, 6.07) is 18.4. The molecule has 0 unspecified atom stereocenters. The predicted octanol–water partition coefficient (Wildman–Crippen LogP) is 6.91. The van der Waals surface area contributed by atoms with E-state index >= 15 is 0 Å². The molecule has 1 aromatic heterocycles. The van der Waals surface area contributed by atoms with Gasteiger partial charge in [0, 0.05) is 37.3 Å². The lowest BCUT2D eigenvalue weighted by atomic mass is 10.1. The Hall–Kier alpha value is -3.32. The van der Waals surface area contributed by atoms with Crippen molar-refractivity contribution in [3.8, 4) is 16.9 Å². The number of rotatable bonds is 11. The van der Waals surface area contributed by atoms with Crippen molar-refractivity contribution < 1.29 is 19.1 Å². The van der Waals surface area contributed by atoms with Gasteiger partial charge in [-0.25, -0.2) is 4.79 Å². The van der Waals surface area contributed by atoms with E-state index in [0.717, 1.165) is 24.1 Å². The lowest BCUT2D eigenvalue weighted by molar-refractivity contribution is -0.170. The molecule has 1 amide bonds. The first-order valence-electron chi connectivity index (χ1n) is 13.2. The Morgan fingerprint density at radius 1 is 1.00 bits per heavy atom. The molecule has 1 N–H and O–H groups in total. The van der Waals surface area contributed by atoms with Crippen LogP contribution in [0.3, 0.4) is 0 Å². The third-order valence-electron chi connectivity index (χ3n) is 6.23. The molecule has 1 fully saturated rings. The predicted molar refractivity (Wildman–Crippen MR) is 153 cm³/mol. The zero-order chi connectivity index (χ0) is 27.3. The number of benzene rings is 2. The highest BCUT2D eigenvalue weighted by atomic mass is 32.1. The van der Waals surface area contributed by atoms with Crippen molar-refractivity contribution in [1.29, 1.82) is 0 Å². The summed E-state index contributed by atoms with van der Waals surface area (Å²) in [4.78, 5) is 27.7. The molecule has 1 aliphatic rings. The van der Waals surface area contributed by atoms with Gasteiger partial charge in [0.15, 0.2) is 5.60 Å². The molecule has 1 heterocycles. The van der Waals surface area contributed by atoms with E-state index in [4.69, 9.17) is 9.47 Å². The number of ether oxygens (including phenoxy) is 2. The monoisotopic (exact) mass is 534 g/mol. The van der Waals surface area contributed by atoms with Crippen LogP contribution in [0.2, 0.25) is 0 Å². The topological polar surface area (TPSA) is 67.9 Å². The van der Waals surface area contributed by atoms with Crippen LogP contribution in [0.4, 0.5) is 5.69 Å². The molecule has 1 saturated carbocycles. The fraction of sp³-hybridized carbons (Fsp3) is 0.419. The Morgan fingerprint density at radius 3 is 2.37 bits per heavy atom. The minimum Gasteiger partial charge on any atom is -0.476 e. The van der Waals surface area contributed by atoms with Crippen molar-refractivity contribution in [3.63, 3.8) is 0 Å². The van der Waals surface area contributed by atoms with Gasteiger partial charge >= 0.3 is 5.97 Å². The molecule has 3 aromatic rings. The highest BCUT2D eigenvalue weighted by molar-refractivity contribution is 7.08. The van der Waals surface area contributed by atoms with Crippen LogP contribution in [0.15, 0.2) is 65.4 Å². The SMILES string of the molecule is CC(C)(C)OC(=O)C(C)(C)Oc1cccc(NCCC(=O)N(Cc2ccc(-c3ccsc3)cc2)C2CC2)c1. The molecule has 0 spiro atoms. The molecule has 38 heavy (non-hydrogen) atoms. The molecule has 4 rings (SSSR count). The van der Waals surface area contributed by atoms with Crippen LogP contribution in [0.5, 0.6) is 5.75 Å². The fourth-order valence-corrected chi connectivity index (χ4v) is 4.76. The molecule has 2 aromatic carbocycles. The van der Waals surface area contributed by atoms with Crippen molar-refractivity contribution in [2.24, 2.45) is 0 Å². The second kappa shape index (κ2) is 11.6. The number of hydrogen-bond donors (Lipinski definition) is 1. The smallest absolute Gasteiger partial charge is 0.350 e. The number of esters is 1. The van der Waals surface area contributed by atoms with Gasteiger partial charge in [0.05, 0.1) is 0 Å². The summed E-state index contributed by atoms with van der Waals surface area (Å²) in [6.07, 6.45) is 2.54. The Bertz CT molecular complexity index is 1230. The fourth-order valence-electron chi connectivity index (χ4n) is 4.10. The van der Waals surface area contributed by atoms with Crippen LogP contribution in [0.1, 0.15) is 59.4 Å². The molecule has 0 aliphatic heterocycles. The maximum Gasteiger partial charge on any atom is 0.350 e. The second-order valence-corrected chi connectivity index (χ2v) is 12.1. The zero-order valence-electron chi connectivity index (χ0n) is 23.0. The van der Waals surface area contributed by atoms with Crippen molar-refractivity contribution in [3.05, 3.63) is 70.9 Å². The number of carbonyl (C=O) groups is 2. The number of nitrogens with one attached hydrogen (secondary N) is 1. The van der Waals surface area contributed by atoms with Gasteiger partial charge in [-0.3, -0.25) is 4.79 Å². The number of hydrogen-bond acceptors (Lipinski definition) is 6. The third-order valence-corrected chi connectivity index (χ3v) is 6.92. The summed E-state index contributed by atoms with van der Waals surface area (Å²) < 4.78 is 11.5. The van der Waals surface area contributed by atoms with Crippen LogP contribution in [-0.2, 0) is 20.9 Å². The molecule has 0 saturated heterocycles. The van der Waals surface area contributed by atoms with E-state index < -0.39 is 17.2 Å². The number of carbonyl (C=O) groups excluding carboxylic acids is 2. The van der Waals surface area contributed by atoms with Crippen LogP contribution in [0, 0.1) is 0 Å². The van der Waals surface area contributed by atoms with Gasteiger partial charge in [0.2, 0.25) is 5.91 Å². The molecule has 0 bridgehead atoms. The van der Waals surface area contributed by atoms with Gasteiger partial charge < -0.3 is 19.7 Å². The normalized spacial score (nSPS) is 13.6. The number of anilines is 1. The van der Waals surface area contributed by atoms with Crippen molar-refractivity contribution in [1.82, 2.24) is 4.90 Å². The minimum absolute atomic E-state index is 0.153. The Morgan fingerprint density at radius 2 is 1.74 bits per heavy atom. The summed E-state index contributed by atoms with van der Waals surface area (Å²) in [5.41, 5.74) is 2.69. The average molecular weight is 535 g/mol. The summed E-state index contributed by atoms with van der Waals surface area (Å²) in [7, 11) is 0. The van der Waals surface area contributed by atoms with Crippen LogP contribution in [-0.4, -0.2) is 40.6 Å². The average Bonchev–Trinajstić information content (AvgIpc) is 3.54. The first-order chi connectivity index (χ1) is 18.0. The minimum atomic E-state index is -1.13. The van der Waals surface area contributed by atoms with E-state index in [1.165, 1.54) is 11.1 Å². The number of nitrogens with zero attached hydrogens (tertiary/aromatic N) is 1. The van der Waals surface area contributed by atoms with Crippen LogP contribution in [0.25, 0.3) is 11.1 Å². The molecule has 6 nitrogen and oxygen atoms in total. The van der Waals surface area contributed by atoms with Gasteiger partial charge in [-0.2, -0.15) is 11.3 Å². The summed E-state index contributed by atoms with van der Waals surface area (Å²) in [5.74, 6) is 0.290. The maximum absolute atomic E-state index is 13.1. The second-order valence-electron chi connectivity index (χ2n) is 11.3. The summed E-state index contributed by atoms with van der Waals surface area (Å²) >= 11 is 1.69. The largest absolute Gasteiger partial charge is 0.476 e. The highest BCUT2D eigenvalue weighted by Gasteiger charge is 2.35. The lowest BCUT2D eigenvalue weighted by Gasteiger charge is -2.29. The van der Waals surface area contributed by atoms with E-state index in [1.807, 2.05) is 43.9 Å². The summed E-state index contributed by atoms with van der Waals surface area (Å²) in [6.45, 7) is 10.0. The number of thiophene rings is 1. The van der Waals surface area contributed by atoms with E-state index in [-0.39, 0.29) is 5.91 Å². The van der Waals surface area contributed by atoms with E-state index in [2.05, 4.69) is 46.4 Å². The van der Waals surface area contributed by atoms with Crippen molar-refractivity contribution in [2.45, 2.75) is 77.7 Å². The molecule has 1 aliphatic carbocycles. The molecular formula is C31H38N2O4S. The Balaban J connectivity index is 1.30. The van der Waals surface area contributed by atoms with E-state index in [1.54, 1.807) is 31.3 Å². The third kappa shape index (κ3) is 7.84. The maximum atomic E-state index is 13.1. The highest BCUT2D eigenvalue weighted by Crippen LogP contribution is 2.30. The van der Waals surface area contributed by atoms with Crippen LogP contribution < -0.4 is 10.1 Å². The lowest BCUT2D eigenvalue weighted by Crippen LogP contribution is -2.43. The standard InChI is InChI=1S/C31H38N2O4S/c1-30(2,3)37-29(35)31(4,5)36-27-8-6-7-25(19-27)32-17-15-28(34)33(26-13-14-26)20-22-9-11-23(12-10-22)24-16-18-38-21-24/h6-12,16,18-19,21,26,32H,13-15,17,20H2,1-5H3. The van der Waals surface area contributed by atoms with E-state index in [0.29, 0.717) is 31.3 Å². The van der Waals surface area contributed by atoms with Gasteiger partial charge in [-0.15, -0.1) is 0 Å². The van der Waals surface area contributed by atoms with Gasteiger partial charge in [0.25, 0.3) is 0 Å². The quantitative estimate of drug-likeness (QED) is 0.271. The Labute approximate surface area is 230 Å². The molecule has 0 atom stereocenters.